The largest absolute Gasteiger partial charge is 0.488 e. The number of hydrogen-bond acceptors (Lipinski definition) is 9. The van der Waals surface area contributed by atoms with Crippen molar-refractivity contribution in [3.8, 4) is 17.0 Å². The Morgan fingerprint density at radius 2 is 1.80 bits per heavy atom. The number of benzene rings is 2. The molecule has 4 bridgehead atoms. The molecule has 7 rings (SSSR count). The molecule has 12 heteroatoms. The molecule has 2 saturated carbocycles. The van der Waals surface area contributed by atoms with Crippen LogP contribution in [0.4, 0.5) is 0 Å². The Labute approximate surface area is 348 Å². The number of ketones is 1. The molecule has 2 aromatic carbocycles. The van der Waals surface area contributed by atoms with E-state index in [1.165, 1.54) is 10.5 Å². The molecule has 316 valence electrons. The Hall–Kier alpha value is -4.58. The molecule has 1 saturated heterocycles. The summed E-state index contributed by atoms with van der Waals surface area (Å²) in [4.78, 5) is 63.5. The van der Waals surface area contributed by atoms with Crippen LogP contribution >= 0.6 is 0 Å². The van der Waals surface area contributed by atoms with Crippen LogP contribution in [0.1, 0.15) is 104 Å². The average Bonchev–Trinajstić information content (AvgIpc) is 4.11. The standard InChI is InChI=1S/C47H59N3O8S/c1-8-32-25-47(32,44(54)49-59(55,56)34-17-18-34)26-40(51)39-22-33-27-50(39)43(53)36(45(3,4)5)23-42(52)57-28-46(6,7)19-13-12-16-31-21-35-38(20-29(31)2)48-37(24-41(35)58-33)30-14-10-9-11-15-30/h8-11,14-15,20-21,24,32-34,36,39H,1,12-13,16-19,22-23,25-28H2,2-7H3,(H,49,54)/t32-,33-,36-,39+,47-/m1/s1. The maximum atomic E-state index is 14.9. The summed E-state index contributed by atoms with van der Waals surface area (Å²) in [7, 11) is -3.86. The number of aromatic nitrogens is 1. The Kier molecular flexibility index (Phi) is 11.6. The average molecular weight is 826 g/mol. The van der Waals surface area contributed by atoms with Crippen molar-refractivity contribution >= 4 is 44.5 Å². The van der Waals surface area contributed by atoms with Gasteiger partial charge in [0.25, 0.3) is 0 Å². The van der Waals surface area contributed by atoms with E-state index in [-0.39, 0.29) is 55.9 Å². The topological polar surface area (TPSA) is 149 Å². The number of rotatable bonds is 8. The number of Topliss-reactive ketones (excluding diaryl/α,β-unsaturated/α-hetero) is 1. The Balaban J connectivity index is 1.28. The number of cyclic esters (lactones) is 1. The summed E-state index contributed by atoms with van der Waals surface area (Å²) < 4.78 is 40.8. The molecule has 3 fully saturated rings. The third-order valence-electron chi connectivity index (χ3n) is 13.0. The third-order valence-corrected chi connectivity index (χ3v) is 14.8. The van der Waals surface area contributed by atoms with Crippen LogP contribution in [0.25, 0.3) is 22.2 Å². The van der Waals surface area contributed by atoms with Crippen molar-refractivity contribution in [2.24, 2.45) is 28.1 Å². The van der Waals surface area contributed by atoms with Gasteiger partial charge < -0.3 is 14.4 Å². The number of allylic oxidation sites excluding steroid dienone is 1. The summed E-state index contributed by atoms with van der Waals surface area (Å²) in [6.45, 7) is 16.1. The number of carbonyl (C=O) groups excluding carboxylic acids is 4. The van der Waals surface area contributed by atoms with E-state index in [0.717, 1.165) is 53.4 Å². The van der Waals surface area contributed by atoms with Gasteiger partial charge in [-0.2, -0.15) is 0 Å². The molecule has 5 atom stereocenters. The number of nitrogens with one attached hydrogen (secondary N) is 1. The molecule has 11 nitrogen and oxygen atoms in total. The van der Waals surface area contributed by atoms with Crippen molar-refractivity contribution in [2.45, 2.75) is 123 Å². The molecule has 0 spiro atoms. The van der Waals surface area contributed by atoms with Crippen molar-refractivity contribution in [1.82, 2.24) is 14.6 Å². The van der Waals surface area contributed by atoms with Crippen LogP contribution in [0.5, 0.6) is 5.75 Å². The zero-order valence-corrected chi connectivity index (χ0v) is 36.2. The van der Waals surface area contributed by atoms with Gasteiger partial charge in [0.05, 0.1) is 53.4 Å². The van der Waals surface area contributed by atoms with E-state index in [0.29, 0.717) is 18.6 Å². The van der Waals surface area contributed by atoms with Gasteiger partial charge in [0.1, 0.15) is 11.9 Å². The Morgan fingerprint density at radius 1 is 1.07 bits per heavy atom. The van der Waals surface area contributed by atoms with Crippen LogP contribution in [-0.4, -0.2) is 72.4 Å². The first kappa shape index (κ1) is 42.5. The maximum absolute atomic E-state index is 14.9. The number of aryl methyl sites for hydroxylation is 2. The lowest BCUT2D eigenvalue weighted by Gasteiger charge is -2.35. The van der Waals surface area contributed by atoms with Gasteiger partial charge in [-0.15, -0.1) is 6.58 Å². The molecule has 4 aliphatic rings. The number of ether oxygens (including phenoxy) is 2. The molecule has 0 unspecified atom stereocenters. The van der Waals surface area contributed by atoms with Crippen molar-refractivity contribution in [1.29, 1.82) is 0 Å². The molecule has 0 radical (unpaired) electrons. The highest BCUT2D eigenvalue weighted by Gasteiger charge is 2.61. The van der Waals surface area contributed by atoms with Crippen molar-refractivity contribution in [2.75, 3.05) is 13.2 Å². The zero-order chi connectivity index (χ0) is 42.5. The van der Waals surface area contributed by atoms with Crippen LogP contribution in [0.3, 0.4) is 0 Å². The van der Waals surface area contributed by atoms with Crippen LogP contribution < -0.4 is 9.46 Å². The van der Waals surface area contributed by atoms with E-state index in [1.807, 2.05) is 57.2 Å². The Morgan fingerprint density at radius 3 is 2.46 bits per heavy atom. The predicted molar refractivity (Wildman–Crippen MR) is 227 cm³/mol. The van der Waals surface area contributed by atoms with E-state index in [2.05, 4.69) is 44.2 Å². The minimum atomic E-state index is -3.86. The highest BCUT2D eigenvalue weighted by atomic mass is 32.2. The number of fused-ring (bicyclic) bond motifs is 3. The van der Waals surface area contributed by atoms with Crippen LogP contribution in [0.2, 0.25) is 0 Å². The lowest BCUT2D eigenvalue weighted by atomic mass is 9.77. The highest BCUT2D eigenvalue weighted by Crippen LogP contribution is 2.57. The second kappa shape index (κ2) is 16.1. The molecule has 1 N–H and O–H groups in total. The lowest BCUT2D eigenvalue weighted by molar-refractivity contribution is -0.155. The quantitative estimate of drug-likeness (QED) is 0.179. The van der Waals surface area contributed by atoms with Gasteiger partial charge in [0, 0.05) is 29.9 Å². The molecule has 2 amide bonds. The summed E-state index contributed by atoms with van der Waals surface area (Å²) in [6, 6.07) is 15.0. The van der Waals surface area contributed by atoms with Crippen LogP contribution in [0.15, 0.2) is 61.2 Å². The molecule has 2 aliphatic heterocycles. The van der Waals surface area contributed by atoms with E-state index in [9.17, 15) is 27.6 Å². The van der Waals surface area contributed by atoms with Gasteiger partial charge in [-0.25, -0.2) is 13.4 Å². The van der Waals surface area contributed by atoms with E-state index in [4.69, 9.17) is 14.5 Å². The van der Waals surface area contributed by atoms with E-state index >= 15 is 0 Å². The summed E-state index contributed by atoms with van der Waals surface area (Å²) in [5, 5.41) is 0.227. The molecular weight excluding hydrogens is 767 g/mol. The number of nitrogens with zero attached hydrogens (tertiary/aromatic N) is 2. The fourth-order valence-electron chi connectivity index (χ4n) is 8.89. The SMILES string of the molecule is C=C[C@@H]1C[C@]1(CC(=O)[C@@H]1C[C@@H]2CN1C(=O)[C@H](C(C)(C)C)CC(=O)OCC(C)(C)CCCCc1cc3c(cc(-c4ccccc4)nc3cc1C)O2)C(=O)NS(=O)(=O)C1CC1. The maximum Gasteiger partial charge on any atom is 0.306 e. The molecule has 59 heavy (non-hydrogen) atoms. The van der Waals surface area contributed by atoms with Gasteiger partial charge in [-0.1, -0.05) is 77.4 Å². The summed E-state index contributed by atoms with van der Waals surface area (Å²) >= 11 is 0. The van der Waals surface area contributed by atoms with E-state index < -0.39 is 62.0 Å². The number of hydrogen-bond donors (Lipinski definition) is 1. The second-order valence-electron chi connectivity index (χ2n) is 19.3. The summed E-state index contributed by atoms with van der Waals surface area (Å²) in [5.74, 6) is -2.56. The molecular formula is C47H59N3O8S. The number of sulfonamides is 1. The molecule has 2 aliphatic carbocycles. The predicted octanol–water partition coefficient (Wildman–Crippen LogP) is 7.67. The molecule has 3 heterocycles. The molecule has 1 aromatic heterocycles. The smallest absolute Gasteiger partial charge is 0.306 e. The normalized spacial score (nSPS) is 26.6. The summed E-state index contributed by atoms with van der Waals surface area (Å²) in [6.07, 6.45) is 5.49. The van der Waals surface area contributed by atoms with Gasteiger partial charge in [0.15, 0.2) is 5.78 Å². The minimum Gasteiger partial charge on any atom is -0.488 e. The number of amides is 2. The monoisotopic (exact) mass is 825 g/mol. The minimum absolute atomic E-state index is 0.0627. The second-order valence-corrected chi connectivity index (χ2v) is 21.3. The van der Waals surface area contributed by atoms with Crippen LogP contribution in [-0.2, 0) is 40.4 Å². The fourth-order valence-corrected chi connectivity index (χ4v) is 10.3. The zero-order valence-electron chi connectivity index (χ0n) is 35.3. The summed E-state index contributed by atoms with van der Waals surface area (Å²) in [5.41, 5.74) is 2.47. The number of carbonyl (C=O) groups is 4. The van der Waals surface area contributed by atoms with Gasteiger partial charge in [0.2, 0.25) is 21.8 Å². The van der Waals surface area contributed by atoms with Crippen molar-refractivity contribution in [3.63, 3.8) is 0 Å². The first-order chi connectivity index (χ1) is 27.8. The van der Waals surface area contributed by atoms with Gasteiger partial charge in [-0.05, 0) is 85.5 Å². The number of pyridine rings is 1. The third kappa shape index (κ3) is 9.27. The molecule has 3 aromatic rings. The number of esters is 1. The van der Waals surface area contributed by atoms with Crippen LogP contribution in [0, 0.1) is 35.0 Å². The first-order valence-electron chi connectivity index (χ1n) is 21.1. The van der Waals surface area contributed by atoms with Crippen molar-refractivity contribution in [3.05, 3.63) is 72.3 Å². The van der Waals surface area contributed by atoms with Crippen molar-refractivity contribution < 1.29 is 37.1 Å². The Bertz CT molecular complexity index is 2260. The van der Waals surface area contributed by atoms with E-state index in [1.54, 1.807) is 6.08 Å². The lowest BCUT2D eigenvalue weighted by Crippen LogP contribution is -2.48. The van der Waals surface area contributed by atoms with Gasteiger partial charge in [-0.3, -0.25) is 23.9 Å². The van der Waals surface area contributed by atoms with Gasteiger partial charge >= 0.3 is 5.97 Å². The highest BCUT2D eigenvalue weighted by molar-refractivity contribution is 7.90. The first-order valence-corrected chi connectivity index (χ1v) is 22.7. The fraction of sp³-hybridized carbons (Fsp3) is 0.553.